The number of hydrogen-bond acceptors (Lipinski definition) is 4. The maximum atomic E-state index is 12.3. The second-order valence-corrected chi connectivity index (χ2v) is 5.00. The van der Waals surface area contributed by atoms with E-state index in [1.165, 1.54) is 17.6 Å². The zero-order chi connectivity index (χ0) is 13.2. The van der Waals surface area contributed by atoms with E-state index in [0.717, 1.165) is 10.2 Å². The molecule has 0 saturated heterocycles. The SMILES string of the molecule is CCN(C(=O)c1ccco1)c1nc2ccccc2s1. The lowest BCUT2D eigenvalue weighted by atomic mass is 10.3. The van der Waals surface area contributed by atoms with Crippen molar-refractivity contribution in [3.05, 3.63) is 48.4 Å². The molecular formula is C14H12N2O2S. The smallest absolute Gasteiger partial charge is 0.295 e. The standard InChI is InChI=1S/C14H12N2O2S/c1-2-16(13(17)11-7-5-9-18-11)14-15-10-6-3-4-8-12(10)19-14/h3-9H,2H2,1H3. The van der Waals surface area contributed by atoms with Gasteiger partial charge in [-0.25, -0.2) is 4.98 Å². The van der Waals surface area contributed by atoms with E-state index in [0.29, 0.717) is 17.4 Å². The van der Waals surface area contributed by atoms with Crippen molar-refractivity contribution in [1.29, 1.82) is 0 Å². The van der Waals surface area contributed by atoms with Crippen molar-refractivity contribution in [2.45, 2.75) is 6.92 Å². The highest BCUT2D eigenvalue weighted by molar-refractivity contribution is 7.22. The van der Waals surface area contributed by atoms with Crippen molar-refractivity contribution in [2.75, 3.05) is 11.4 Å². The fraction of sp³-hybridized carbons (Fsp3) is 0.143. The highest BCUT2D eigenvalue weighted by atomic mass is 32.1. The molecule has 0 atom stereocenters. The predicted octanol–water partition coefficient (Wildman–Crippen LogP) is 3.56. The van der Waals surface area contributed by atoms with Crippen molar-refractivity contribution in [2.24, 2.45) is 0 Å². The van der Waals surface area contributed by atoms with Crippen LogP contribution in [0.25, 0.3) is 10.2 Å². The molecule has 2 aromatic heterocycles. The zero-order valence-corrected chi connectivity index (χ0v) is 11.2. The third-order valence-electron chi connectivity index (χ3n) is 2.81. The molecule has 1 aromatic carbocycles. The fourth-order valence-electron chi connectivity index (χ4n) is 1.87. The van der Waals surface area contributed by atoms with Gasteiger partial charge in [0.2, 0.25) is 0 Å². The first-order chi connectivity index (χ1) is 9.29. The molecule has 5 heteroatoms. The second kappa shape index (κ2) is 4.85. The van der Waals surface area contributed by atoms with Crippen molar-refractivity contribution in [3.63, 3.8) is 0 Å². The number of rotatable bonds is 3. The van der Waals surface area contributed by atoms with E-state index in [4.69, 9.17) is 4.42 Å². The van der Waals surface area contributed by atoms with Gasteiger partial charge in [-0.3, -0.25) is 9.69 Å². The maximum absolute atomic E-state index is 12.3. The van der Waals surface area contributed by atoms with Crippen LogP contribution in [0.1, 0.15) is 17.5 Å². The molecule has 3 rings (SSSR count). The Bertz CT molecular complexity index is 670. The molecule has 0 fully saturated rings. The topological polar surface area (TPSA) is 46.3 Å². The number of carbonyl (C=O) groups excluding carboxylic acids is 1. The average molecular weight is 272 g/mol. The number of hydrogen-bond donors (Lipinski definition) is 0. The van der Waals surface area contributed by atoms with Gasteiger partial charge in [-0.05, 0) is 31.2 Å². The summed E-state index contributed by atoms with van der Waals surface area (Å²) in [5, 5.41) is 0.699. The first-order valence-electron chi connectivity index (χ1n) is 6.00. The van der Waals surface area contributed by atoms with E-state index >= 15 is 0 Å². The van der Waals surface area contributed by atoms with Crippen LogP contribution >= 0.6 is 11.3 Å². The Morgan fingerprint density at radius 2 is 2.16 bits per heavy atom. The molecule has 0 aliphatic rings. The van der Waals surface area contributed by atoms with Gasteiger partial charge in [0, 0.05) is 6.54 Å². The lowest BCUT2D eigenvalue weighted by molar-refractivity contribution is 0.0961. The molecule has 0 N–H and O–H groups in total. The van der Waals surface area contributed by atoms with Gasteiger partial charge in [-0.1, -0.05) is 23.5 Å². The minimum absolute atomic E-state index is 0.161. The van der Waals surface area contributed by atoms with Crippen molar-refractivity contribution < 1.29 is 9.21 Å². The van der Waals surface area contributed by atoms with E-state index in [1.54, 1.807) is 17.0 Å². The van der Waals surface area contributed by atoms with Crippen LogP contribution in [-0.4, -0.2) is 17.4 Å². The second-order valence-electron chi connectivity index (χ2n) is 3.99. The van der Waals surface area contributed by atoms with Crippen molar-refractivity contribution in [3.8, 4) is 0 Å². The van der Waals surface area contributed by atoms with E-state index in [2.05, 4.69) is 4.98 Å². The molecule has 2 heterocycles. The third kappa shape index (κ3) is 2.13. The summed E-state index contributed by atoms with van der Waals surface area (Å²) < 4.78 is 6.23. The Balaban J connectivity index is 2.00. The van der Waals surface area contributed by atoms with Crippen molar-refractivity contribution in [1.82, 2.24) is 4.98 Å². The van der Waals surface area contributed by atoms with Gasteiger partial charge in [0.25, 0.3) is 5.91 Å². The predicted molar refractivity (Wildman–Crippen MR) is 75.7 cm³/mol. The van der Waals surface area contributed by atoms with E-state index in [-0.39, 0.29) is 5.91 Å². The van der Waals surface area contributed by atoms with Crippen LogP contribution in [0.15, 0.2) is 47.1 Å². The minimum Gasteiger partial charge on any atom is -0.459 e. The van der Waals surface area contributed by atoms with Gasteiger partial charge < -0.3 is 4.42 Å². The Kier molecular flexibility index (Phi) is 3.05. The summed E-state index contributed by atoms with van der Waals surface area (Å²) in [6.45, 7) is 2.48. The molecule has 1 amide bonds. The van der Waals surface area contributed by atoms with E-state index < -0.39 is 0 Å². The molecule has 19 heavy (non-hydrogen) atoms. The van der Waals surface area contributed by atoms with Gasteiger partial charge in [-0.15, -0.1) is 0 Å². The molecule has 3 aromatic rings. The highest BCUT2D eigenvalue weighted by Gasteiger charge is 2.21. The fourth-order valence-corrected chi connectivity index (χ4v) is 2.90. The number of amides is 1. The van der Waals surface area contributed by atoms with Crippen molar-refractivity contribution >= 4 is 32.6 Å². The number of nitrogens with zero attached hydrogens (tertiary/aromatic N) is 2. The Hall–Kier alpha value is -2.14. The molecule has 0 aliphatic carbocycles. The molecular weight excluding hydrogens is 260 g/mol. The number of fused-ring (bicyclic) bond motifs is 1. The first-order valence-corrected chi connectivity index (χ1v) is 6.82. The Morgan fingerprint density at radius 3 is 2.84 bits per heavy atom. The number of aromatic nitrogens is 1. The average Bonchev–Trinajstić information content (AvgIpc) is 3.08. The Labute approximate surface area is 114 Å². The summed E-state index contributed by atoms with van der Waals surface area (Å²) >= 11 is 1.51. The van der Waals surface area contributed by atoms with Gasteiger partial charge in [0.15, 0.2) is 10.9 Å². The van der Waals surface area contributed by atoms with Gasteiger partial charge >= 0.3 is 0 Å². The summed E-state index contributed by atoms with van der Waals surface area (Å²) in [5.74, 6) is 0.174. The number of para-hydroxylation sites is 1. The van der Waals surface area contributed by atoms with Crippen LogP contribution in [0.4, 0.5) is 5.13 Å². The number of anilines is 1. The lowest BCUT2D eigenvalue weighted by Crippen LogP contribution is -2.30. The maximum Gasteiger partial charge on any atom is 0.295 e. The van der Waals surface area contributed by atoms with Crippen LogP contribution in [0.5, 0.6) is 0 Å². The molecule has 4 nitrogen and oxygen atoms in total. The van der Waals surface area contributed by atoms with E-state index in [9.17, 15) is 4.79 Å². The number of carbonyl (C=O) groups is 1. The van der Waals surface area contributed by atoms with Gasteiger partial charge in [0.1, 0.15) is 0 Å². The highest BCUT2D eigenvalue weighted by Crippen LogP contribution is 2.29. The molecule has 0 unspecified atom stereocenters. The van der Waals surface area contributed by atoms with E-state index in [1.807, 2.05) is 31.2 Å². The summed E-state index contributed by atoms with van der Waals surface area (Å²) in [6, 6.07) is 11.2. The molecule has 0 saturated carbocycles. The van der Waals surface area contributed by atoms with Crippen LogP contribution in [0.3, 0.4) is 0 Å². The lowest BCUT2D eigenvalue weighted by Gasteiger charge is -2.15. The van der Waals surface area contributed by atoms with Crippen LogP contribution in [-0.2, 0) is 0 Å². The summed E-state index contributed by atoms with van der Waals surface area (Å²) in [7, 11) is 0. The Morgan fingerprint density at radius 1 is 1.32 bits per heavy atom. The number of furan rings is 1. The van der Waals surface area contributed by atoms with Crippen LogP contribution in [0, 0.1) is 0 Å². The minimum atomic E-state index is -0.161. The third-order valence-corrected chi connectivity index (χ3v) is 3.87. The summed E-state index contributed by atoms with van der Waals surface area (Å²) in [5.41, 5.74) is 0.910. The molecule has 0 radical (unpaired) electrons. The molecule has 0 bridgehead atoms. The monoisotopic (exact) mass is 272 g/mol. The first kappa shape index (κ1) is 11.9. The largest absolute Gasteiger partial charge is 0.459 e. The summed E-state index contributed by atoms with van der Waals surface area (Å²) in [4.78, 5) is 18.4. The summed E-state index contributed by atoms with van der Waals surface area (Å²) in [6.07, 6.45) is 1.50. The quantitative estimate of drug-likeness (QED) is 0.732. The molecule has 0 aliphatic heterocycles. The van der Waals surface area contributed by atoms with Crippen LogP contribution < -0.4 is 4.90 Å². The zero-order valence-electron chi connectivity index (χ0n) is 10.4. The van der Waals surface area contributed by atoms with Gasteiger partial charge in [-0.2, -0.15) is 0 Å². The molecule has 96 valence electrons. The number of benzene rings is 1. The normalized spacial score (nSPS) is 10.8. The van der Waals surface area contributed by atoms with Crippen LogP contribution in [0.2, 0.25) is 0 Å². The van der Waals surface area contributed by atoms with Gasteiger partial charge in [0.05, 0.1) is 16.5 Å². The molecule has 0 spiro atoms. The number of thiazole rings is 1.